The molecule has 4 heteroatoms. The van der Waals surface area contributed by atoms with Crippen LogP contribution in [0.4, 0.5) is 0 Å². The summed E-state index contributed by atoms with van der Waals surface area (Å²) in [5.74, 6) is 0.709. The van der Waals surface area contributed by atoms with Gasteiger partial charge in [-0.1, -0.05) is 11.6 Å². The molecule has 19 heavy (non-hydrogen) atoms. The third kappa shape index (κ3) is 3.37. The van der Waals surface area contributed by atoms with Gasteiger partial charge in [0.2, 0.25) is 0 Å². The van der Waals surface area contributed by atoms with E-state index in [0.29, 0.717) is 27.2 Å². The van der Waals surface area contributed by atoms with E-state index in [4.69, 9.17) is 16.3 Å². The minimum Gasteiger partial charge on any atom is -0.494 e. The molecular weight excluding hydrogens is 328 g/mol. The van der Waals surface area contributed by atoms with Crippen molar-refractivity contribution in [3.8, 4) is 5.75 Å². The van der Waals surface area contributed by atoms with Gasteiger partial charge in [-0.15, -0.1) is 0 Å². The van der Waals surface area contributed by atoms with Gasteiger partial charge in [0.1, 0.15) is 5.75 Å². The highest BCUT2D eigenvalue weighted by Crippen LogP contribution is 2.24. The Bertz CT molecular complexity index is 594. The maximum absolute atomic E-state index is 12.3. The van der Waals surface area contributed by atoms with Crippen molar-refractivity contribution < 1.29 is 9.53 Å². The molecule has 0 saturated heterocycles. The Labute approximate surface area is 125 Å². The molecule has 0 aliphatic heterocycles. The molecule has 98 valence electrons. The Hall–Kier alpha value is -1.32. The molecule has 0 saturated carbocycles. The fraction of sp³-hybridized carbons (Fsp3) is 0.133. The maximum Gasteiger partial charge on any atom is 0.194 e. The van der Waals surface area contributed by atoms with Crippen molar-refractivity contribution in [2.45, 2.75) is 6.92 Å². The first-order valence-corrected chi connectivity index (χ1v) is 7.01. The van der Waals surface area contributed by atoms with E-state index >= 15 is 0 Å². The molecule has 0 aliphatic carbocycles. The van der Waals surface area contributed by atoms with Gasteiger partial charge in [0, 0.05) is 20.6 Å². The molecule has 0 aromatic heterocycles. The molecule has 0 heterocycles. The van der Waals surface area contributed by atoms with E-state index in [1.54, 1.807) is 42.5 Å². The number of halogens is 2. The molecule has 2 nitrogen and oxygen atoms in total. The van der Waals surface area contributed by atoms with E-state index in [0.717, 1.165) is 5.75 Å². The second kappa shape index (κ2) is 6.22. The van der Waals surface area contributed by atoms with E-state index in [-0.39, 0.29) is 5.78 Å². The quantitative estimate of drug-likeness (QED) is 0.753. The Morgan fingerprint density at radius 1 is 1.21 bits per heavy atom. The summed E-state index contributed by atoms with van der Waals surface area (Å²) in [6, 6.07) is 12.2. The van der Waals surface area contributed by atoms with E-state index in [2.05, 4.69) is 15.9 Å². The van der Waals surface area contributed by atoms with Crippen molar-refractivity contribution in [1.29, 1.82) is 0 Å². The highest BCUT2D eigenvalue weighted by Gasteiger charge is 2.12. The lowest BCUT2D eigenvalue weighted by Crippen LogP contribution is -2.02. The van der Waals surface area contributed by atoms with Crippen molar-refractivity contribution in [3.63, 3.8) is 0 Å². The number of benzene rings is 2. The van der Waals surface area contributed by atoms with Gasteiger partial charge in [-0.25, -0.2) is 0 Å². The summed E-state index contributed by atoms with van der Waals surface area (Å²) in [7, 11) is 0. The van der Waals surface area contributed by atoms with Crippen LogP contribution in [-0.4, -0.2) is 12.4 Å². The summed E-state index contributed by atoms with van der Waals surface area (Å²) in [5, 5.41) is 0.593. The Morgan fingerprint density at radius 3 is 2.47 bits per heavy atom. The average Bonchev–Trinajstić information content (AvgIpc) is 2.39. The zero-order valence-electron chi connectivity index (χ0n) is 10.3. The zero-order valence-corrected chi connectivity index (χ0v) is 12.7. The molecule has 0 bridgehead atoms. The van der Waals surface area contributed by atoms with Crippen molar-refractivity contribution in [3.05, 3.63) is 63.1 Å². The predicted molar refractivity (Wildman–Crippen MR) is 80.2 cm³/mol. The summed E-state index contributed by atoms with van der Waals surface area (Å²) >= 11 is 9.22. The molecule has 2 aromatic rings. The first-order chi connectivity index (χ1) is 9.11. The van der Waals surface area contributed by atoms with Crippen molar-refractivity contribution in [1.82, 2.24) is 0 Å². The largest absolute Gasteiger partial charge is 0.494 e. The zero-order chi connectivity index (χ0) is 13.8. The van der Waals surface area contributed by atoms with Crippen LogP contribution in [0.3, 0.4) is 0 Å². The van der Waals surface area contributed by atoms with Gasteiger partial charge in [0.25, 0.3) is 0 Å². The molecule has 2 rings (SSSR count). The highest BCUT2D eigenvalue weighted by atomic mass is 79.9. The number of carbonyl (C=O) groups excluding carboxylic acids is 1. The third-order valence-electron chi connectivity index (χ3n) is 2.60. The topological polar surface area (TPSA) is 26.3 Å². The summed E-state index contributed by atoms with van der Waals surface area (Å²) < 4.78 is 6.04. The van der Waals surface area contributed by atoms with Gasteiger partial charge in [0.15, 0.2) is 5.78 Å². The second-order valence-corrected chi connectivity index (χ2v) is 5.20. The number of hydrogen-bond acceptors (Lipinski definition) is 2. The fourth-order valence-corrected chi connectivity index (χ4v) is 2.56. The molecule has 0 radical (unpaired) electrons. The third-order valence-corrected chi connectivity index (χ3v) is 3.49. The monoisotopic (exact) mass is 338 g/mol. The number of hydrogen-bond donors (Lipinski definition) is 0. The van der Waals surface area contributed by atoms with Crippen molar-refractivity contribution >= 4 is 33.3 Å². The summed E-state index contributed by atoms with van der Waals surface area (Å²) in [6.45, 7) is 2.53. The van der Waals surface area contributed by atoms with E-state index in [1.807, 2.05) is 6.92 Å². The lowest BCUT2D eigenvalue weighted by atomic mass is 10.0. The van der Waals surface area contributed by atoms with Crippen LogP contribution < -0.4 is 4.74 Å². The molecule has 0 aliphatic rings. The van der Waals surface area contributed by atoms with E-state index < -0.39 is 0 Å². The smallest absolute Gasteiger partial charge is 0.194 e. The fourth-order valence-electron chi connectivity index (χ4n) is 1.70. The molecule has 0 unspecified atom stereocenters. The van der Waals surface area contributed by atoms with Gasteiger partial charge >= 0.3 is 0 Å². The molecule has 0 atom stereocenters. The second-order valence-electron chi connectivity index (χ2n) is 3.91. The predicted octanol–water partition coefficient (Wildman–Crippen LogP) is 4.73. The molecule has 0 amide bonds. The Kier molecular flexibility index (Phi) is 4.61. The van der Waals surface area contributed by atoms with Gasteiger partial charge in [-0.3, -0.25) is 4.79 Å². The number of ketones is 1. The molecule has 0 spiro atoms. The van der Waals surface area contributed by atoms with E-state index in [9.17, 15) is 4.79 Å². The number of rotatable bonds is 4. The SMILES string of the molecule is CCOc1ccc(C(=O)c2ccc(Cl)cc2Br)cc1. The molecule has 0 fully saturated rings. The van der Waals surface area contributed by atoms with E-state index in [1.165, 1.54) is 0 Å². The number of carbonyl (C=O) groups is 1. The molecular formula is C15H12BrClO2. The maximum atomic E-state index is 12.3. The summed E-state index contributed by atoms with van der Waals surface area (Å²) in [5.41, 5.74) is 1.21. The summed E-state index contributed by atoms with van der Waals surface area (Å²) in [4.78, 5) is 12.3. The Morgan fingerprint density at radius 2 is 1.89 bits per heavy atom. The minimum absolute atomic E-state index is 0.0495. The molecule has 0 N–H and O–H groups in total. The lowest BCUT2D eigenvalue weighted by Gasteiger charge is -2.06. The van der Waals surface area contributed by atoms with Crippen LogP contribution in [0.15, 0.2) is 46.9 Å². The van der Waals surface area contributed by atoms with Crippen LogP contribution in [0, 0.1) is 0 Å². The highest BCUT2D eigenvalue weighted by molar-refractivity contribution is 9.10. The van der Waals surface area contributed by atoms with Gasteiger partial charge in [0.05, 0.1) is 6.61 Å². The molecule has 2 aromatic carbocycles. The van der Waals surface area contributed by atoms with Crippen LogP contribution >= 0.6 is 27.5 Å². The Balaban J connectivity index is 2.28. The minimum atomic E-state index is -0.0495. The first-order valence-electron chi connectivity index (χ1n) is 5.84. The van der Waals surface area contributed by atoms with Crippen LogP contribution in [-0.2, 0) is 0 Å². The van der Waals surface area contributed by atoms with Crippen LogP contribution in [0.5, 0.6) is 5.75 Å². The van der Waals surface area contributed by atoms with Crippen molar-refractivity contribution in [2.24, 2.45) is 0 Å². The van der Waals surface area contributed by atoms with Gasteiger partial charge in [-0.05, 0) is 65.3 Å². The van der Waals surface area contributed by atoms with Crippen LogP contribution in [0.1, 0.15) is 22.8 Å². The average molecular weight is 340 g/mol. The normalized spacial score (nSPS) is 10.3. The number of ether oxygens (including phenoxy) is 1. The van der Waals surface area contributed by atoms with Gasteiger partial charge < -0.3 is 4.74 Å². The summed E-state index contributed by atoms with van der Waals surface area (Å²) in [6.07, 6.45) is 0. The van der Waals surface area contributed by atoms with Crippen LogP contribution in [0.2, 0.25) is 5.02 Å². The van der Waals surface area contributed by atoms with Crippen LogP contribution in [0.25, 0.3) is 0 Å². The first kappa shape index (κ1) is 14.1. The van der Waals surface area contributed by atoms with Crippen molar-refractivity contribution in [2.75, 3.05) is 6.61 Å². The van der Waals surface area contributed by atoms with Gasteiger partial charge in [-0.2, -0.15) is 0 Å². The lowest BCUT2D eigenvalue weighted by molar-refractivity contribution is 0.103. The standard InChI is InChI=1S/C15H12BrClO2/c1-2-19-12-6-3-10(4-7-12)15(18)13-8-5-11(17)9-14(13)16/h3-9H,2H2,1H3.